The van der Waals surface area contributed by atoms with E-state index in [1.807, 2.05) is 28.8 Å². The molecule has 1 aliphatic rings. The lowest BCUT2D eigenvalue weighted by atomic mass is 9.95. The number of aryl methyl sites for hydroxylation is 1. The lowest BCUT2D eigenvalue weighted by molar-refractivity contribution is 0.0684. The zero-order valence-electron chi connectivity index (χ0n) is 16.4. The minimum absolute atomic E-state index is 0.407. The number of hydrogen-bond donors (Lipinski definition) is 2. The summed E-state index contributed by atoms with van der Waals surface area (Å²) in [6.45, 7) is 3.23. The highest BCUT2D eigenvalue weighted by Crippen LogP contribution is 2.28. The number of carboxylic acid groups (broad SMARTS) is 1. The Morgan fingerprint density at radius 2 is 1.79 bits per heavy atom. The second-order valence-corrected chi connectivity index (χ2v) is 7.94. The number of nitrogens with one attached hydrogen (secondary N) is 1. The van der Waals surface area contributed by atoms with Crippen molar-refractivity contribution in [3.05, 3.63) is 70.9 Å². The van der Waals surface area contributed by atoms with Crippen LogP contribution in [0, 0.1) is 6.92 Å². The summed E-state index contributed by atoms with van der Waals surface area (Å²) in [5, 5.41) is 14.7. The third kappa shape index (κ3) is 3.83. The predicted octanol–water partition coefficient (Wildman–Crippen LogP) is 5.12. The van der Waals surface area contributed by atoms with Crippen LogP contribution in [0.1, 0.15) is 59.3 Å². The molecule has 1 heterocycles. The van der Waals surface area contributed by atoms with Crippen LogP contribution in [0.3, 0.4) is 0 Å². The number of aromatic nitrogens is 1. The van der Waals surface area contributed by atoms with Crippen molar-refractivity contribution in [1.82, 2.24) is 9.88 Å². The highest BCUT2D eigenvalue weighted by atomic mass is 16.4. The van der Waals surface area contributed by atoms with Crippen molar-refractivity contribution in [2.24, 2.45) is 0 Å². The summed E-state index contributed by atoms with van der Waals surface area (Å²) in [5.74, 6) is -0.858. The first-order valence-corrected chi connectivity index (χ1v) is 10.3. The second-order valence-electron chi connectivity index (χ2n) is 7.94. The first-order chi connectivity index (χ1) is 13.6. The van der Waals surface area contributed by atoms with Crippen LogP contribution < -0.4 is 5.32 Å². The Morgan fingerprint density at radius 3 is 2.50 bits per heavy atom. The number of rotatable bonds is 6. The van der Waals surface area contributed by atoms with Gasteiger partial charge in [-0.2, -0.15) is 0 Å². The summed E-state index contributed by atoms with van der Waals surface area (Å²) < 4.78 is 1.96. The molecule has 0 spiro atoms. The van der Waals surface area contributed by atoms with Crippen molar-refractivity contribution < 1.29 is 9.90 Å². The molecule has 0 atom stereocenters. The lowest BCUT2D eigenvalue weighted by Gasteiger charge is -2.23. The molecule has 3 aromatic rings. The highest BCUT2D eigenvalue weighted by molar-refractivity contribution is 5.98. The van der Waals surface area contributed by atoms with Crippen molar-refractivity contribution in [3.63, 3.8) is 0 Å². The molecule has 146 valence electrons. The number of benzene rings is 2. The molecule has 0 amide bonds. The minimum Gasteiger partial charge on any atom is -0.477 e. The lowest BCUT2D eigenvalue weighted by Crippen LogP contribution is -2.31. The first kappa shape index (κ1) is 18.8. The van der Waals surface area contributed by atoms with Crippen molar-refractivity contribution >= 4 is 16.9 Å². The average molecular weight is 377 g/mol. The largest absolute Gasteiger partial charge is 0.477 e. The third-order valence-corrected chi connectivity index (χ3v) is 5.91. The molecule has 0 saturated heterocycles. The maximum atomic E-state index is 12.3. The fraction of sp³-hybridized carbons (Fsp3) is 0.375. The zero-order chi connectivity index (χ0) is 19.5. The minimum atomic E-state index is -0.858. The van der Waals surface area contributed by atoms with E-state index >= 15 is 0 Å². The van der Waals surface area contributed by atoms with E-state index < -0.39 is 5.97 Å². The Morgan fingerprint density at radius 1 is 1.07 bits per heavy atom. The fourth-order valence-electron chi connectivity index (χ4n) is 4.39. The van der Waals surface area contributed by atoms with Crippen molar-refractivity contribution in [1.29, 1.82) is 0 Å². The van der Waals surface area contributed by atoms with E-state index in [1.165, 1.54) is 37.7 Å². The van der Waals surface area contributed by atoms with Crippen LogP contribution in [0.5, 0.6) is 0 Å². The van der Waals surface area contributed by atoms with E-state index in [1.54, 1.807) is 0 Å². The van der Waals surface area contributed by atoms with E-state index in [0.29, 0.717) is 24.8 Å². The standard InChI is InChI=1S/C24H28N2O2/c1-17-11-13-18(14-12-17)16-26-22-10-6-5-9-20(22)21(23(26)24(27)28)15-25-19-7-3-2-4-8-19/h5-6,9-14,19,25H,2-4,7-8,15-16H2,1H3,(H,27,28). The number of aromatic carboxylic acids is 1. The Bertz CT molecular complexity index is 966. The predicted molar refractivity (Wildman–Crippen MR) is 113 cm³/mol. The van der Waals surface area contributed by atoms with E-state index in [0.717, 1.165) is 22.0 Å². The number of hydrogen-bond acceptors (Lipinski definition) is 2. The summed E-state index contributed by atoms with van der Waals surface area (Å²) in [5.41, 5.74) is 4.62. The van der Waals surface area contributed by atoms with Gasteiger partial charge < -0.3 is 15.0 Å². The van der Waals surface area contributed by atoms with Gasteiger partial charge in [0, 0.05) is 35.6 Å². The van der Waals surface area contributed by atoms with Gasteiger partial charge in [-0.1, -0.05) is 67.3 Å². The summed E-state index contributed by atoms with van der Waals surface area (Å²) in [6, 6.07) is 16.9. The SMILES string of the molecule is Cc1ccc(Cn2c(C(=O)O)c(CNC3CCCCC3)c3ccccc32)cc1. The molecule has 2 N–H and O–H groups in total. The quantitative estimate of drug-likeness (QED) is 0.628. The number of nitrogens with zero attached hydrogens (tertiary/aromatic N) is 1. The van der Waals surface area contributed by atoms with Crippen LogP contribution in [-0.2, 0) is 13.1 Å². The first-order valence-electron chi connectivity index (χ1n) is 10.3. The van der Waals surface area contributed by atoms with E-state index in [-0.39, 0.29) is 0 Å². The molecule has 4 rings (SSSR count). The van der Waals surface area contributed by atoms with Gasteiger partial charge in [0.2, 0.25) is 0 Å². The van der Waals surface area contributed by atoms with Gasteiger partial charge in [0.05, 0.1) is 0 Å². The number of carboxylic acids is 1. The average Bonchev–Trinajstić information content (AvgIpc) is 3.03. The van der Waals surface area contributed by atoms with Gasteiger partial charge >= 0.3 is 5.97 Å². The van der Waals surface area contributed by atoms with Crippen LogP contribution in [0.25, 0.3) is 10.9 Å². The molecule has 0 radical (unpaired) electrons. The molecule has 1 saturated carbocycles. The molecule has 4 nitrogen and oxygen atoms in total. The smallest absolute Gasteiger partial charge is 0.352 e. The number of fused-ring (bicyclic) bond motifs is 1. The topological polar surface area (TPSA) is 54.3 Å². The number of carbonyl (C=O) groups is 1. The van der Waals surface area contributed by atoms with Crippen molar-refractivity contribution in [2.75, 3.05) is 0 Å². The summed E-state index contributed by atoms with van der Waals surface area (Å²) >= 11 is 0. The molecule has 0 bridgehead atoms. The fourth-order valence-corrected chi connectivity index (χ4v) is 4.39. The molecule has 0 unspecified atom stereocenters. The van der Waals surface area contributed by atoms with Crippen molar-refractivity contribution in [2.45, 2.75) is 58.2 Å². The van der Waals surface area contributed by atoms with Gasteiger partial charge in [-0.25, -0.2) is 4.79 Å². The monoisotopic (exact) mass is 376 g/mol. The van der Waals surface area contributed by atoms with E-state index in [2.05, 4.69) is 36.5 Å². The number of para-hydroxylation sites is 1. The molecule has 28 heavy (non-hydrogen) atoms. The van der Waals surface area contributed by atoms with Crippen LogP contribution in [-0.4, -0.2) is 21.7 Å². The van der Waals surface area contributed by atoms with Crippen LogP contribution >= 0.6 is 0 Å². The Hall–Kier alpha value is -2.59. The Kier molecular flexibility index (Phi) is 5.49. The highest BCUT2D eigenvalue weighted by Gasteiger charge is 2.23. The zero-order valence-corrected chi connectivity index (χ0v) is 16.4. The molecule has 0 aliphatic heterocycles. The maximum Gasteiger partial charge on any atom is 0.352 e. The second kappa shape index (κ2) is 8.19. The summed E-state index contributed by atoms with van der Waals surface area (Å²) in [7, 11) is 0. The van der Waals surface area contributed by atoms with Gasteiger partial charge in [0.1, 0.15) is 5.69 Å². The Labute approximate surface area is 166 Å². The molecule has 1 aromatic heterocycles. The Balaban J connectivity index is 1.72. The van der Waals surface area contributed by atoms with Gasteiger partial charge in [-0.3, -0.25) is 0 Å². The molecule has 1 aliphatic carbocycles. The molecule has 1 fully saturated rings. The van der Waals surface area contributed by atoms with Crippen molar-refractivity contribution in [3.8, 4) is 0 Å². The normalized spacial score (nSPS) is 15.2. The van der Waals surface area contributed by atoms with Crippen LogP contribution in [0.4, 0.5) is 0 Å². The van der Waals surface area contributed by atoms with Crippen LogP contribution in [0.2, 0.25) is 0 Å². The molecule has 4 heteroatoms. The maximum absolute atomic E-state index is 12.3. The summed E-state index contributed by atoms with van der Waals surface area (Å²) in [4.78, 5) is 12.3. The van der Waals surface area contributed by atoms with Gasteiger partial charge in [-0.05, 0) is 31.4 Å². The molecular weight excluding hydrogens is 348 g/mol. The summed E-state index contributed by atoms with van der Waals surface area (Å²) in [6.07, 6.45) is 6.21. The van der Waals surface area contributed by atoms with Crippen LogP contribution in [0.15, 0.2) is 48.5 Å². The molecular formula is C24H28N2O2. The van der Waals surface area contributed by atoms with Gasteiger partial charge in [0.15, 0.2) is 0 Å². The molecule has 2 aromatic carbocycles. The van der Waals surface area contributed by atoms with E-state index in [4.69, 9.17) is 0 Å². The van der Waals surface area contributed by atoms with Gasteiger partial charge in [0.25, 0.3) is 0 Å². The van der Waals surface area contributed by atoms with E-state index in [9.17, 15) is 9.90 Å². The van der Waals surface area contributed by atoms with Gasteiger partial charge in [-0.15, -0.1) is 0 Å². The third-order valence-electron chi connectivity index (χ3n) is 5.91.